The Morgan fingerprint density at radius 2 is 2.08 bits per heavy atom. The Morgan fingerprint density at radius 3 is 2.56 bits per heavy atom. The van der Waals surface area contributed by atoms with E-state index < -0.39 is 29.7 Å². The molecule has 0 bridgehead atoms. The van der Waals surface area contributed by atoms with Gasteiger partial charge in [-0.25, -0.2) is 9.18 Å². The molecule has 2 rings (SSSR count). The Balaban J connectivity index is 2.44. The highest BCUT2D eigenvalue weighted by molar-refractivity contribution is 6.35. The molecule has 2 aromatic rings. The summed E-state index contributed by atoms with van der Waals surface area (Å²) in [4.78, 5) is 11.1. The number of aryl methyl sites for hydroxylation is 1. The highest BCUT2D eigenvalue weighted by atomic mass is 35.5. The van der Waals surface area contributed by atoms with Crippen LogP contribution in [-0.2, 0) is 6.54 Å². The Bertz CT molecular complexity index is 805. The number of nitrogens with zero attached hydrogens (tertiary/aromatic N) is 2. The van der Waals surface area contributed by atoms with Gasteiger partial charge in [-0.3, -0.25) is 4.68 Å². The normalized spacial score (nSPS) is 12.9. The largest absolute Gasteiger partial charge is 0.476 e. The van der Waals surface area contributed by atoms with Crippen LogP contribution in [0.25, 0.3) is 11.3 Å². The van der Waals surface area contributed by atoms with Crippen molar-refractivity contribution in [2.24, 2.45) is 0 Å². The molecule has 5 nitrogen and oxygen atoms in total. The van der Waals surface area contributed by atoms with Crippen molar-refractivity contribution in [3.8, 4) is 11.3 Å². The molecule has 10 heteroatoms. The van der Waals surface area contributed by atoms with Crippen LogP contribution in [0.2, 0.25) is 5.02 Å². The van der Waals surface area contributed by atoms with Crippen LogP contribution >= 0.6 is 11.6 Å². The van der Waals surface area contributed by atoms with E-state index in [1.807, 2.05) is 0 Å². The molecule has 0 saturated heterocycles. The van der Waals surface area contributed by atoms with Gasteiger partial charge in [-0.15, -0.1) is 0 Å². The number of benzene rings is 1. The smallest absolute Gasteiger partial charge is 0.408 e. The van der Waals surface area contributed by atoms with E-state index in [0.29, 0.717) is 0 Å². The van der Waals surface area contributed by atoms with E-state index in [4.69, 9.17) is 16.7 Å². The highest BCUT2D eigenvalue weighted by Gasteiger charge is 2.36. The minimum atomic E-state index is -4.48. The van der Waals surface area contributed by atoms with Crippen molar-refractivity contribution in [2.75, 3.05) is 5.32 Å². The number of carboxylic acids is 1. The van der Waals surface area contributed by atoms with E-state index in [1.54, 1.807) is 6.92 Å². The summed E-state index contributed by atoms with van der Waals surface area (Å²) >= 11 is 6.00. The molecule has 0 spiro atoms. The van der Waals surface area contributed by atoms with Gasteiger partial charge in [0.2, 0.25) is 0 Å². The summed E-state index contributed by atoms with van der Waals surface area (Å²) < 4.78 is 53.3. The van der Waals surface area contributed by atoms with Crippen molar-refractivity contribution in [2.45, 2.75) is 32.6 Å². The van der Waals surface area contributed by atoms with Gasteiger partial charge in [0.25, 0.3) is 0 Å². The van der Waals surface area contributed by atoms with Crippen LogP contribution in [0.3, 0.4) is 0 Å². The van der Waals surface area contributed by atoms with Crippen molar-refractivity contribution in [1.82, 2.24) is 9.78 Å². The van der Waals surface area contributed by atoms with E-state index in [2.05, 4.69) is 10.4 Å². The van der Waals surface area contributed by atoms with Gasteiger partial charge >= 0.3 is 12.1 Å². The van der Waals surface area contributed by atoms with Crippen LogP contribution < -0.4 is 5.32 Å². The van der Waals surface area contributed by atoms with Gasteiger partial charge in [-0.2, -0.15) is 18.3 Å². The number of nitrogens with one attached hydrogen (secondary N) is 1. The minimum absolute atomic E-state index is 0.0505. The van der Waals surface area contributed by atoms with E-state index in [0.717, 1.165) is 13.0 Å². The number of alkyl halides is 3. The van der Waals surface area contributed by atoms with Gasteiger partial charge in [0.15, 0.2) is 5.69 Å². The first-order valence-electron chi connectivity index (χ1n) is 7.19. The summed E-state index contributed by atoms with van der Waals surface area (Å²) in [7, 11) is 0. The topological polar surface area (TPSA) is 67.2 Å². The zero-order chi connectivity index (χ0) is 18.9. The molecule has 25 heavy (non-hydrogen) atoms. The summed E-state index contributed by atoms with van der Waals surface area (Å²) in [6, 6.07) is 1.51. The molecule has 0 aliphatic rings. The maximum Gasteiger partial charge on any atom is 0.408 e. The van der Waals surface area contributed by atoms with Crippen molar-refractivity contribution < 1.29 is 27.5 Å². The molecule has 0 aliphatic heterocycles. The zero-order valence-corrected chi connectivity index (χ0v) is 13.9. The number of rotatable bonds is 5. The van der Waals surface area contributed by atoms with Crippen LogP contribution in [0.1, 0.15) is 24.3 Å². The summed E-state index contributed by atoms with van der Waals surface area (Å²) in [6.07, 6.45) is -4.48. The van der Waals surface area contributed by atoms with Crippen molar-refractivity contribution in [1.29, 1.82) is 0 Å². The number of halogens is 5. The minimum Gasteiger partial charge on any atom is -0.476 e. The lowest BCUT2D eigenvalue weighted by molar-refractivity contribution is -0.138. The number of hydrogen-bond acceptors (Lipinski definition) is 3. The number of aromatic carboxylic acids is 1. The number of carbonyl (C=O) groups is 1. The Morgan fingerprint density at radius 1 is 1.44 bits per heavy atom. The van der Waals surface area contributed by atoms with Gasteiger partial charge in [0.05, 0.1) is 5.69 Å². The number of hydrogen-bond donors (Lipinski definition) is 2. The second kappa shape index (κ2) is 6.91. The third-order valence-electron chi connectivity index (χ3n) is 3.50. The number of anilines is 1. The molecule has 1 aromatic carbocycles. The molecule has 2 N–H and O–H groups in total. The standard InChI is InChI=1S/C15H14ClF4N3O2/c1-3-23-13(11(16)12(22-23)14(24)25)9-5-4-8(6-10(9)17)21-7(2)15(18,19)20/h4-7,21H,3H2,1-2H3,(H,24,25). The van der Waals surface area contributed by atoms with E-state index in [-0.39, 0.29) is 28.5 Å². The molecule has 136 valence electrons. The van der Waals surface area contributed by atoms with Crippen LogP contribution in [0, 0.1) is 5.82 Å². The first kappa shape index (κ1) is 19.0. The lowest BCUT2D eigenvalue weighted by atomic mass is 10.1. The van der Waals surface area contributed by atoms with Crippen molar-refractivity contribution in [3.63, 3.8) is 0 Å². The SMILES string of the molecule is CCn1nc(C(=O)O)c(Cl)c1-c1ccc(NC(C)C(F)(F)F)cc1F. The first-order chi connectivity index (χ1) is 11.6. The lowest BCUT2D eigenvalue weighted by Gasteiger charge is -2.18. The van der Waals surface area contributed by atoms with E-state index in [9.17, 15) is 22.4 Å². The molecular formula is C15H14ClF4N3O2. The van der Waals surface area contributed by atoms with Crippen LogP contribution in [0.15, 0.2) is 18.2 Å². The molecule has 0 fully saturated rings. The van der Waals surface area contributed by atoms with Gasteiger partial charge in [0.1, 0.15) is 16.9 Å². The fourth-order valence-electron chi connectivity index (χ4n) is 2.19. The second-order valence-corrected chi connectivity index (χ2v) is 5.61. The highest BCUT2D eigenvalue weighted by Crippen LogP contribution is 2.34. The number of aromatic nitrogens is 2. The van der Waals surface area contributed by atoms with E-state index in [1.165, 1.54) is 16.8 Å². The van der Waals surface area contributed by atoms with Gasteiger partial charge in [0, 0.05) is 17.8 Å². The third-order valence-corrected chi connectivity index (χ3v) is 3.85. The Hall–Kier alpha value is -2.29. The van der Waals surface area contributed by atoms with Crippen LogP contribution in [0.5, 0.6) is 0 Å². The molecule has 1 heterocycles. The average molecular weight is 380 g/mol. The number of carboxylic acid groups (broad SMARTS) is 1. The first-order valence-corrected chi connectivity index (χ1v) is 7.56. The molecular weight excluding hydrogens is 366 g/mol. The summed E-state index contributed by atoms with van der Waals surface area (Å²) in [5, 5.41) is 14.8. The monoisotopic (exact) mass is 379 g/mol. The molecule has 0 saturated carbocycles. The maximum absolute atomic E-state index is 14.4. The predicted molar refractivity (Wildman–Crippen MR) is 84.4 cm³/mol. The third kappa shape index (κ3) is 3.87. The Labute approximate surface area is 145 Å². The molecule has 1 unspecified atom stereocenters. The van der Waals surface area contributed by atoms with E-state index >= 15 is 0 Å². The van der Waals surface area contributed by atoms with Crippen LogP contribution in [-0.4, -0.2) is 33.1 Å². The van der Waals surface area contributed by atoms with Gasteiger partial charge < -0.3 is 10.4 Å². The molecule has 0 radical (unpaired) electrons. The van der Waals surface area contributed by atoms with Crippen molar-refractivity contribution >= 4 is 23.3 Å². The van der Waals surface area contributed by atoms with Crippen molar-refractivity contribution in [3.05, 3.63) is 34.7 Å². The maximum atomic E-state index is 14.4. The fourth-order valence-corrected chi connectivity index (χ4v) is 2.51. The second-order valence-electron chi connectivity index (χ2n) is 5.23. The predicted octanol–water partition coefficient (Wildman–Crippen LogP) is 4.42. The summed E-state index contributed by atoms with van der Waals surface area (Å²) in [5.41, 5.74) is -0.499. The zero-order valence-electron chi connectivity index (χ0n) is 13.2. The van der Waals surface area contributed by atoms with Gasteiger partial charge in [-0.05, 0) is 32.0 Å². The average Bonchev–Trinajstić information content (AvgIpc) is 2.83. The molecule has 1 aromatic heterocycles. The summed E-state index contributed by atoms with van der Waals surface area (Å²) in [5.74, 6) is -2.22. The molecule has 1 atom stereocenters. The molecule has 0 aliphatic carbocycles. The Kier molecular flexibility index (Phi) is 5.26. The lowest BCUT2D eigenvalue weighted by Crippen LogP contribution is -2.33. The summed E-state index contributed by atoms with van der Waals surface area (Å²) in [6.45, 7) is 2.80. The quantitative estimate of drug-likeness (QED) is 0.754. The fraction of sp³-hybridized carbons (Fsp3) is 0.333. The van der Waals surface area contributed by atoms with Crippen LogP contribution in [0.4, 0.5) is 23.2 Å². The van der Waals surface area contributed by atoms with Gasteiger partial charge in [-0.1, -0.05) is 11.6 Å². The molecule has 0 amide bonds.